The van der Waals surface area contributed by atoms with Gasteiger partial charge in [0.25, 0.3) is 0 Å². The molecule has 0 radical (unpaired) electrons. The Hall–Kier alpha value is -1.46. The number of nitrogens with zero attached hydrogens (tertiary/aromatic N) is 2. The van der Waals surface area contributed by atoms with Gasteiger partial charge in [-0.2, -0.15) is 0 Å². The smallest absolute Gasteiger partial charge is 0.137 e. The van der Waals surface area contributed by atoms with Gasteiger partial charge in [0.2, 0.25) is 0 Å². The van der Waals surface area contributed by atoms with Crippen molar-refractivity contribution >= 4 is 39.7 Å². The summed E-state index contributed by atoms with van der Waals surface area (Å²) in [5, 5.41) is 1.62. The zero-order valence-electron chi connectivity index (χ0n) is 10.5. The summed E-state index contributed by atoms with van der Waals surface area (Å²) >= 11 is 8.00. The summed E-state index contributed by atoms with van der Waals surface area (Å²) < 4.78 is 13.8. The summed E-state index contributed by atoms with van der Waals surface area (Å²) in [6.45, 7) is 0. The molecule has 1 heterocycles. The fourth-order valence-electron chi connectivity index (χ4n) is 1.80. The first kappa shape index (κ1) is 14.9. The second kappa shape index (κ2) is 7.36. The molecule has 0 spiro atoms. The van der Waals surface area contributed by atoms with Crippen molar-refractivity contribution in [1.82, 2.24) is 4.98 Å². The van der Waals surface area contributed by atoms with Gasteiger partial charge in [-0.05, 0) is 56.7 Å². The highest BCUT2D eigenvalue weighted by Crippen LogP contribution is 2.28. The van der Waals surface area contributed by atoms with E-state index in [0.29, 0.717) is 10.9 Å². The molecule has 102 valence electrons. The number of hydrogen-bond acceptors (Lipinski definition) is 3. The van der Waals surface area contributed by atoms with Crippen molar-refractivity contribution in [2.75, 3.05) is 0 Å². The van der Waals surface area contributed by atoms with Gasteiger partial charge in [0.15, 0.2) is 0 Å². The van der Waals surface area contributed by atoms with Crippen LogP contribution in [0.5, 0.6) is 0 Å². The normalized spacial score (nSPS) is 12.5. The van der Waals surface area contributed by atoms with Gasteiger partial charge in [-0.15, -0.1) is 0 Å². The minimum Gasteiger partial charge on any atom is -0.284 e. The van der Waals surface area contributed by atoms with Crippen LogP contribution in [0.1, 0.15) is 23.6 Å². The third-order valence-electron chi connectivity index (χ3n) is 2.74. The molecule has 0 N–H and O–H groups in total. The third-order valence-corrected chi connectivity index (χ3v) is 3.54. The van der Waals surface area contributed by atoms with E-state index in [4.69, 9.17) is 12.2 Å². The van der Waals surface area contributed by atoms with Gasteiger partial charge in [-0.25, -0.2) is 4.39 Å². The SMILES string of the molecule is Fc1ccc(C(N=CCC=S)c2ccncc2)cc1Br. The largest absolute Gasteiger partial charge is 0.284 e. The van der Waals surface area contributed by atoms with E-state index >= 15 is 0 Å². The van der Waals surface area contributed by atoms with E-state index in [2.05, 4.69) is 25.9 Å². The van der Waals surface area contributed by atoms with Crippen molar-refractivity contribution in [1.29, 1.82) is 0 Å². The Morgan fingerprint density at radius 2 is 2.00 bits per heavy atom. The van der Waals surface area contributed by atoms with Crippen LogP contribution in [0.25, 0.3) is 0 Å². The number of aliphatic imine (C=N–C) groups is 1. The van der Waals surface area contributed by atoms with Gasteiger partial charge in [0.05, 0.1) is 10.5 Å². The Morgan fingerprint density at radius 3 is 2.65 bits per heavy atom. The van der Waals surface area contributed by atoms with E-state index in [1.165, 1.54) is 6.07 Å². The summed E-state index contributed by atoms with van der Waals surface area (Å²) in [4.78, 5) is 8.54. The molecule has 0 bridgehead atoms. The fourth-order valence-corrected chi connectivity index (χ4v) is 2.28. The Labute approximate surface area is 130 Å². The summed E-state index contributed by atoms with van der Waals surface area (Å²) in [6, 6.07) is 8.52. The summed E-state index contributed by atoms with van der Waals surface area (Å²) in [7, 11) is 0. The maximum atomic E-state index is 13.4. The van der Waals surface area contributed by atoms with E-state index in [9.17, 15) is 4.39 Å². The zero-order chi connectivity index (χ0) is 14.4. The molecule has 0 saturated heterocycles. The number of aromatic nitrogens is 1. The highest BCUT2D eigenvalue weighted by atomic mass is 79.9. The van der Waals surface area contributed by atoms with Crippen LogP contribution in [0.2, 0.25) is 0 Å². The van der Waals surface area contributed by atoms with E-state index < -0.39 is 0 Å². The number of pyridine rings is 1. The van der Waals surface area contributed by atoms with Crippen LogP contribution >= 0.6 is 28.1 Å². The predicted molar refractivity (Wildman–Crippen MR) is 86.9 cm³/mol. The number of thiocarbonyl (C=S) groups is 1. The quantitative estimate of drug-likeness (QED) is 0.584. The first-order valence-electron chi connectivity index (χ1n) is 6.02. The molecule has 20 heavy (non-hydrogen) atoms. The summed E-state index contributed by atoms with van der Waals surface area (Å²) in [5.74, 6) is -0.287. The lowest BCUT2D eigenvalue weighted by atomic mass is 10.0. The number of hydrogen-bond donors (Lipinski definition) is 0. The van der Waals surface area contributed by atoms with Crippen LogP contribution < -0.4 is 0 Å². The van der Waals surface area contributed by atoms with Gasteiger partial charge in [-0.1, -0.05) is 18.3 Å². The van der Waals surface area contributed by atoms with Crippen LogP contribution in [0.4, 0.5) is 4.39 Å². The van der Waals surface area contributed by atoms with Crippen molar-refractivity contribution in [3.05, 3.63) is 64.1 Å². The second-order valence-electron chi connectivity index (χ2n) is 4.09. The molecule has 0 aliphatic carbocycles. The van der Waals surface area contributed by atoms with Crippen molar-refractivity contribution in [3.8, 4) is 0 Å². The highest BCUT2D eigenvalue weighted by Gasteiger charge is 2.13. The van der Waals surface area contributed by atoms with Crippen molar-refractivity contribution in [2.24, 2.45) is 4.99 Å². The van der Waals surface area contributed by atoms with Gasteiger partial charge < -0.3 is 0 Å². The molecule has 0 aliphatic rings. The van der Waals surface area contributed by atoms with Gasteiger partial charge in [0.1, 0.15) is 5.82 Å². The topological polar surface area (TPSA) is 25.2 Å². The Balaban J connectivity index is 2.40. The van der Waals surface area contributed by atoms with E-state index in [1.54, 1.807) is 36.1 Å². The molecule has 2 nitrogen and oxygen atoms in total. The lowest BCUT2D eigenvalue weighted by molar-refractivity contribution is 0.619. The van der Waals surface area contributed by atoms with Gasteiger partial charge >= 0.3 is 0 Å². The lowest BCUT2D eigenvalue weighted by Crippen LogP contribution is -2.00. The average Bonchev–Trinajstić information content (AvgIpc) is 2.48. The molecule has 1 unspecified atom stereocenters. The molecular weight excluding hydrogens is 339 g/mol. The summed E-state index contributed by atoms with van der Waals surface area (Å²) in [6.07, 6.45) is 5.83. The molecule has 2 aromatic rings. The van der Waals surface area contributed by atoms with Crippen LogP contribution in [0.3, 0.4) is 0 Å². The Morgan fingerprint density at radius 1 is 1.25 bits per heavy atom. The Kier molecular flexibility index (Phi) is 5.49. The monoisotopic (exact) mass is 350 g/mol. The maximum absolute atomic E-state index is 13.4. The minimum atomic E-state index is -0.287. The third kappa shape index (κ3) is 3.77. The number of rotatable bonds is 5. The van der Waals surface area contributed by atoms with Crippen LogP contribution in [-0.4, -0.2) is 16.6 Å². The van der Waals surface area contributed by atoms with E-state index in [-0.39, 0.29) is 11.9 Å². The van der Waals surface area contributed by atoms with Crippen molar-refractivity contribution < 1.29 is 4.39 Å². The molecule has 0 fully saturated rings. The first-order valence-corrected chi connectivity index (χ1v) is 7.29. The van der Waals surface area contributed by atoms with Gasteiger partial charge in [-0.3, -0.25) is 9.98 Å². The first-order chi connectivity index (χ1) is 9.72. The molecule has 1 aromatic carbocycles. The number of benzene rings is 1. The lowest BCUT2D eigenvalue weighted by Gasteiger charge is -2.13. The standard InChI is InChI=1S/C15H12BrFN2S/c16-13-10-12(2-3-14(13)17)15(19-6-1-9-20)11-4-7-18-8-5-11/h2-10,15H,1H2. The second-order valence-corrected chi connectivity index (χ2v) is 5.28. The molecule has 0 amide bonds. The van der Waals surface area contributed by atoms with Gasteiger partial charge in [0, 0.05) is 25.0 Å². The van der Waals surface area contributed by atoms with Crippen LogP contribution in [0, 0.1) is 5.82 Å². The van der Waals surface area contributed by atoms with Crippen LogP contribution in [-0.2, 0) is 0 Å². The molecule has 1 aromatic heterocycles. The molecular formula is C15H12BrFN2S. The fraction of sp³-hybridized carbons (Fsp3) is 0.133. The van der Waals surface area contributed by atoms with Crippen molar-refractivity contribution in [3.63, 3.8) is 0 Å². The van der Waals surface area contributed by atoms with Crippen molar-refractivity contribution in [2.45, 2.75) is 12.5 Å². The number of halogens is 2. The van der Waals surface area contributed by atoms with E-state index in [1.807, 2.05) is 12.1 Å². The molecule has 0 aliphatic heterocycles. The molecule has 2 rings (SSSR count). The maximum Gasteiger partial charge on any atom is 0.137 e. The zero-order valence-corrected chi connectivity index (χ0v) is 12.9. The summed E-state index contributed by atoms with van der Waals surface area (Å²) in [5.41, 5.74) is 1.91. The van der Waals surface area contributed by atoms with E-state index in [0.717, 1.165) is 11.1 Å². The molecule has 1 atom stereocenters. The average molecular weight is 351 g/mol. The minimum absolute atomic E-state index is 0.190. The molecule has 5 heteroatoms. The highest BCUT2D eigenvalue weighted by molar-refractivity contribution is 9.10. The predicted octanol–water partition coefficient (Wildman–Crippen LogP) is 4.53. The van der Waals surface area contributed by atoms with Crippen LogP contribution in [0.15, 0.2) is 52.2 Å². The molecule has 0 saturated carbocycles. The Bertz CT molecular complexity index is 617.